The Morgan fingerprint density at radius 3 is 2.52 bits per heavy atom. The smallest absolute Gasteiger partial charge is 0.266 e. The highest BCUT2D eigenvalue weighted by Gasteiger charge is 2.13. The van der Waals surface area contributed by atoms with Gasteiger partial charge >= 0.3 is 0 Å². The number of amides is 1. The lowest BCUT2D eigenvalue weighted by molar-refractivity contribution is -0.112. The van der Waals surface area contributed by atoms with Crippen molar-refractivity contribution in [3.05, 3.63) is 59.7 Å². The van der Waals surface area contributed by atoms with Crippen molar-refractivity contribution in [2.24, 2.45) is 0 Å². The second-order valence-corrected chi connectivity index (χ2v) is 6.97. The molecule has 1 heterocycles. The molecule has 0 aromatic heterocycles. The summed E-state index contributed by atoms with van der Waals surface area (Å²) in [5, 5.41) is 12.3. The van der Waals surface area contributed by atoms with Crippen molar-refractivity contribution in [3.63, 3.8) is 0 Å². The van der Waals surface area contributed by atoms with Crippen LogP contribution in [0.1, 0.15) is 19.4 Å². The summed E-state index contributed by atoms with van der Waals surface area (Å²) < 4.78 is 11.1. The topological polar surface area (TPSA) is 74.6 Å². The molecule has 1 aliphatic heterocycles. The Balaban J connectivity index is 1.72. The van der Waals surface area contributed by atoms with Crippen LogP contribution in [0.2, 0.25) is 0 Å². The van der Waals surface area contributed by atoms with E-state index in [0.29, 0.717) is 17.0 Å². The minimum Gasteiger partial charge on any atom is -0.490 e. The molecule has 0 radical (unpaired) electrons. The predicted molar refractivity (Wildman–Crippen MR) is 114 cm³/mol. The molecule has 29 heavy (non-hydrogen) atoms. The van der Waals surface area contributed by atoms with Gasteiger partial charge in [-0.15, -0.1) is 0 Å². The quantitative estimate of drug-likeness (QED) is 0.598. The standard InChI is InChI=1S/C23H25N3O3/c1-17(2)29-22-6-4-3-5-18(22)15-19(16-24)23(27)25-20-7-9-21(10-8-20)26-11-13-28-14-12-26/h3-10,15,17H,11-14H2,1-2H3,(H,25,27)/b19-15+. The molecule has 1 N–H and O–H groups in total. The highest BCUT2D eigenvalue weighted by Crippen LogP contribution is 2.23. The van der Waals surface area contributed by atoms with E-state index in [2.05, 4.69) is 10.2 Å². The van der Waals surface area contributed by atoms with Gasteiger partial charge in [0.05, 0.1) is 19.3 Å². The molecule has 1 fully saturated rings. The highest BCUT2D eigenvalue weighted by atomic mass is 16.5. The lowest BCUT2D eigenvalue weighted by Crippen LogP contribution is -2.36. The van der Waals surface area contributed by atoms with Gasteiger partial charge in [-0.2, -0.15) is 5.26 Å². The molecule has 0 spiro atoms. The summed E-state index contributed by atoms with van der Waals surface area (Å²) >= 11 is 0. The number of hydrogen-bond acceptors (Lipinski definition) is 5. The molecule has 2 aromatic carbocycles. The number of morpholine rings is 1. The van der Waals surface area contributed by atoms with E-state index in [0.717, 1.165) is 32.0 Å². The lowest BCUT2D eigenvalue weighted by Gasteiger charge is -2.28. The zero-order valence-electron chi connectivity index (χ0n) is 16.7. The van der Waals surface area contributed by atoms with Crippen LogP contribution in [0.25, 0.3) is 6.08 Å². The Morgan fingerprint density at radius 2 is 1.86 bits per heavy atom. The number of carbonyl (C=O) groups is 1. The number of para-hydroxylation sites is 1. The van der Waals surface area contributed by atoms with Crippen LogP contribution >= 0.6 is 0 Å². The number of nitriles is 1. The van der Waals surface area contributed by atoms with Gasteiger partial charge in [-0.05, 0) is 50.3 Å². The average Bonchev–Trinajstić information content (AvgIpc) is 2.74. The summed E-state index contributed by atoms with van der Waals surface area (Å²) in [5.41, 5.74) is 2.43. The average molecular weight is 391 g/mol. The summed E-state index contributed by atoms with van der Waals surface area (Å²) in [6, 6.07) is 16.9. The molecular formula is C23H25N3O3. The Morgan fingerprint density at radius 1 is 1.17 bits per heavy atom. The normalized spacial score (nSPS) is 14.4. The van der Waals surface area contributed by atoms with E-state index in [4.69, 9.17) is 9.47 Å². The Bertz CT molecular complexity index is 908. The van der Waals surface area contributed by atoms with Crippen molar-refractivity contribution in [2.75, 3.05) is 36.5 Å². The molecule has 150 valence electrons. The van der Waals surface area contributed by atoms with E-state index in [1.54, 1.807) is 6.08 Å². The first-order chi connectivity index (χ1) is 14.1. The number of ether oxygens (including phenoxy) is 2. The maximum absolute atomic E-state index is 12.6. The minimum absolute atomic E-state index is 0.00565. The largest absolute Gasteiger partial charge is 0.490 e. The van der Waals surface area contributed by atoms with Gasteiger partial charge in [-0.25, -0.2) is 0 Å². The Kier molecular flexibility index (Phi) is 6.88. The number of carbonyl (C=O) groups excluding carboxylic acids is 1. The first kappa shape index (κ1) is 20.4. The van der Waals surface area contributed by atoms with Gasteiger partial charge in [0.15, 0.2) is 0 Å². The van der Waals surface area contributed by atoms with E-state index in [1.807, 2.05) is 68.4 Å². The summed E-state index contributed by atoms with van der Waals surface area (Å²) in [7, 11) is 0. The molecule has 0 saturated carbocycles. The fourth-order valence-corrected chi connectivity index (χ4v) is 3.04. The first-order valence-electron chi connectivity index (χ1n) is 9.68. The summed E-state index contributed by atoms with van der Waals surface area (Å²) in [6.45, 7) is 7.00. The second-order valence-electron chi connectivity index (χ2n) is 6.97. The van der Waals surface area contributed by atoms with Gasteiger partial charge in [0.1, 0.15) is 17.4 Å². The van der Waals surface area contributed by atoms with Crippen LogP contribution in [0, 0.1) is 11.3 Å². The Labute approximate surface area is 171 Å². The minimum atomic E-state index is -0.453. The van der Waals surface area contributed by atoms with Gasteiger partial charge in [-0.3, -0.25) is 4.79 Å². The molecule has 6 heteroatoms. The van der Waals surface area contributed by atoms with E-state index in [1.165, 1.54) is 0 Å². The summed E-state index contributed by atoms with van der Waals surface area (Å²) in [5.74, 6) is 0.184. The molecular weight excluding hydrogens is 366 g/mol. The van der Waals surface area contributed by atoms with Gasteiger partial charge in [0.2, 0.25) is 0 Å². The van der Waals surface area contributed by atoms with Gasteiger partial charge in [-0.1, -0.05) is 18.2 Å². The van der Waals surface area contributed by atoms with E-state index >= 15 is 0 Å². The molecule has 1 aliphatic rings. The van der Waals surface area contributed by atoms with Crippen molar-refractivity contribution in [3.8, 4) is 11.8 Å². The van der Waals surface area contributed by atoms with Crippen molar-refractivity contribution in [1.29, 1.82) is 5.26 Å². The van der Waals surface area contributed by atoms with E-state index in [-0.39, 0.29) is 11.7 Å². The van der Waals surface area contributed by atoms with Crippen molar-refractivity contribution in [2.45, 2.75) is 20.0 Å². The third-order valence-corrected chi connectivity index (χ3v) is 4.45. The molecule has 1 saturated heterocycles. The van der Waals surface area contributed by atoms with Crippen LogP contribution < -0.4 is 15.0 Å². The fourth-order valence-electron chi connectivity index (χ4n) is 3.04. The maximum atomic E-state index is 12.6. The van der Waals surface area contributed by atoms with Crippen LogP contribution in [0.5, 0.6) is 5.75 Å². The maximum Gasteiger partial charge on any atom is 0.266 e. The van der Waals surface area contributed by atoms with Crippen LogP contribution in [0.15, 0.2) is 54.1 Å². The number of rotatable bonds is 6. The van der Waals surface area contributed by atoms with Gasteiger partial charge in [0, 0.05) is 30.0 Å². The fraction of sp³-hybridized carbons (Fsp3) is 0.304. The number of anilines is 2. The molecule has 0 aliphatic carbocycles. The number of benzene rings is 2. The monoisotopic (exact) mass is 391 g/mol. The van der Waals surface area contributed by atoms with Crippen LogP contribution in [0.4, 0.5) is 11.4 Å². The molecule has 1 amide bonds. The Hall–Kier alpha value is -3.30. The van der Waals surface area contributed by atoms with Gasteiger partial charge in [0.25, 0.3) is 5.91 Å². The summed E-state index contributed by atoms with van der Waals surface area (Å²) in [4.78, 5) is 14.8. The van der Waals surface area contributed by atoms with Crippen molar-refractivity contribution >= 4 is 23.4 Å². The molecule has 3 rings (SSSR count). The van der Waals surface area contributed by atoms with Gasteiger partial charge < -0.3 is 19.7 Å². The molecule has 6 nitrogen and oxygen atoms in total. The van der Waals surface area contributed by atoms with E-state index < -0.39 is 5.91 Å². The predicted octanol–water partition coefficient (Wildman–Crippen LogP) is 3.86. The molecule has 0 atom stereocenters. The zero-order valence-corrected chi connectivity index (χ0v) is 16.7. The van der Waals surface area contributed by atoms with Crippen LogP contribution in [-0.2, 0) is 9.53 Å². The third kappa shape index (κ3) is 5.59. The zero-order chi connectivity index (χ0) is 20.6. The number of nitrogens with one attached hydrogen (secondary N) is 1. The number of hydrogen-bond donors (Lipinski definition) is 1. The van der Waals surface area contributed by atoms with Crippen LogP contribution in [0.3, 0.4) is 0 Å². The first-order valence-corrected chi connectivity index (χ1v) is 9.68. The third-order valence-electron chi connectivity index (χ3n) is 4.45. The second kappa shape index (κ2) is 9.76. The number of nitrogens with zero attached hydrogens (tertiary/aromatic N) is 2. The van der Waals surface area contributed by atoms with Crippen molar-refractivity contribution in [1.82, 2.24) is 0 Å². The van der Waals surface area contributed by atoms with Crippen LogP contribution in [-0.4, -0.2) is 38.3 Å². The van der Waals surface area contributed by atoms with E-state index in [9.17, 15) is 10.1 Å². The highest BCUT2D eigenvalue weighted by molar-refractivity contribution is 6.09. The summed E-state index contributed by atoms with van der Waals surface area (Å²) in [6.07, 6.45) is 1.55. The molecule has 0 unspecified atom stereocenters. The SMILES string of the molecule is CC(C)Oc1ccccc1/C=C(\C#N)C(=O)Nc1ccc(N2CCOCC2)cc1. The molecule has 0 bridgehead atoms. The lowest BCUT2D eigenvalue weighted by atomic mass is 10.1. The molecule has 2 aromatic rings. The van der Waals surface area contributed by atoms with Crippen molar-refractivity contribution < 1.29 is 14.3 Å².